The summed E-state index contributed by atoms with van der Waals surface area (Å²) in [6.07, 6.45) is 1.88. The quantitative estimate of drug-likeness (QED) is 0.197. The number of Topliss-reactive ketones (excluding diaryl/α,β-unsaturated/α-hetero) is 3. The largest absolute Gasteiger partial charge is 0.374 e. The number of hydrogen-bond acceptors (Lipinski definition) is 4. The van der Waals surface area contributed by atoms with Crippen molar-refractivity contribution in [3.05, 3.63) is 106 Å². The van der Waals surface area contributed by atoms with Gasteiger partial charge < -0.3 is 4.74 Å². The van der Waals surface area contributed by atoms with E-state index in [-0.39, 0.29) is 41.7 Å². The number of benzene rings is 3. The van der Waals surface area contributed by atoms with Crippen molar-refractivity contribution in [1.29, 1.82) is 0 Å². The second-order valence-electron chi connectivity index (χ2n) is 14.4. The molecule has 0 radical (unpaired) electrons. The standard InChI is InChI=1S/C40H50O4/c1-26-14-12-19-33(27(26)2)36(42)24-31(22-29-15-10-9-11-16-29)28(3)38(43)34-25-44-40(7,8)37(34)35(41)21-20-30-17-13-18-32(23-30)39(4,5)6/h9-19,23,28,31,34,37H,20-22,24-25H2,1-8H3. The Kier molecular flexibility index (Phi) is 10.5. The van der Waals surface area contributed by atoms with Gasteiger partial charge in [-0.25, -0.2) is 0 Å². The Morgan fingerprint density at radius 1 is 0.909 bits per heavy atom. The number of carbonyl (C=O) groups excluding carboxylic acids is 3. The Labute approximate surface area is 264 Å². The van der Waals surface area contributed by atoms with E-state index < -0.39 is 23.4 Å². The first-order valence-electron chi connectivity index (χ1n) is 16.1. The molecule has 0 amide bonds. The van der Waals surface area contributed by atoms with Crippen LogP contribution in [0.4, 0.5) is 0 Å². The molecule has 4 atom stereocenters. The van der Waals surface area contributed by atoms with Gasteiger partial charge in [0.1, 0.15) is 11.6 Å². The van der Waals surface area contributed by atoms with Crippen molar-refractivity contribution in [2.45, 2.75) is 92.1 Å². The smallest absolute Gasteiger partial charge is 0.163 e. The van der Waals surface area contributed by atoms with E-state index in [0.717, 1.165) is 27.8 Å². The fraction of sp³-hybridized carbons (Fsp3) is 0.475. The molecule has 1 saturated heterocycles. The van der Waals surface area contributed by atoms with Gasteiger partial charge in [-0.1, -0.05) is 100 Å². The zero-order valence-electron chi connectivity index (χ0n) is 27.9. The first-order chi connectivity index (χ1) is 20.7. The molecule has 4 rings (SSSR count). The monoisotopic (exact) mass is 594 g/mol. The number of aryl methyl sites for hydroxylation is 2. The summed E-state index contributed by atoms with van der Waals surface area (Å²) < 4.78 is 6.14. The third-order valence-electron chi connectivity index (χ3n) is 9.80. The van der Waals surface area contributed by atoms with Crippen LogP contribution in [0.1, 0.15) is 92.6 Å². The van der Waals surface area contributed by atoms with Crippen LogP contribution in [0.25, 0.3) is 0 Å². The van der Waals surface area contributed by atoms with Crippen LogP contribution in [-0.4, -0.2) is 29.6 Å². The summed E-state index contributed by atoms with van der Waals surface area (Å²) in [6.45, 7) is 16.6. The molecule has 3 aromatic carbocycles. The van der Waals surface area contributed by atoms with E-state index in [1.165, 1.54) is 5.56 Å². The highest BCUT2D eigenvalue weighted by molar-refractivity contribution is 5.98. The lowest BCUT2D eigenvalue weighted by Gasteiger charge is -2.30. The van der Waals surface area contributed by atoms with Crippen LogP contribution in [0.3, 0.4) is 0 Å². The Morgan fingerprint density at radius 3 is 2.25 bits per heavy atom. The molecule has 0 aromatic heterocycles. The summed E-state index contributed by atoms with van der Waals surface area (Å²) in [4.78, 5) is 41.8. The van der Waals surface area contributed by atoms with Gasteiger partial charge in [0.25, 0.3) is 0 Å². The maximum absolute atomic E-state index is 14.3. The number of carbonyl (C=O) groups is 3. The van der Waals surface area contributed by atoms with Crippen LogP contribution >= 0.6 is 0 Å². The predicted molar refractivity (Wildman–Crippen MR) is 178 cm³/mol. The maximum Gasteiger partial charge on any atom is 0.163 e. The van der Waals surface area contributed by atoms with E-state index in [1.54, 1.807) is 0 Å². The lowest BCUT2D eigenvalue weighted by Crippen LogP contribution is -2.41. The molecule has 1 fully saturated rings. The van der Waals surface area contributed by atoms with Crippen LogP contribution in [0.2, 0.25) is 0 Å². The average molecular weight is 595 g/mol. The highest BCUT2D eigenvalue weighted by Gasteiger charge is 2.51. The molecule has 3 aromatic rings. The van der Waals surface area contributed by atoms with Crippen molar-refractivity contribution in [3.63, 3.8) is 0 Å². The predicted octanol–water partition coefficient (Wildman–Crippen LogP) is 8.48. The highest BCUT2D eigenvalue weighted by atomic mass is 16.5. The Bertz CT molecular complexity index is 1480. The van der Waals surface area contributed by atoms with Gasteiger partial charge >= 0.3 is 0 Å². The second kappa shape index (κ2) is 13.7. The molecule has 0 spiro atoms. The third kappa shape index (κ3) is 7.82. The lowest BCUT2D eigenvalue weighted by atomic mass is 9.71. The third-order valence-corrected chi connectivity index (χ3v) is 9.80. The fourth-order valence-corrected chi connectivity index (χ4v) is 6.76. The normalized spacial score (nSPS) is 19.4. The minimum atomic E-state index is -0.728. The summed E-state index contributed by atoms with van der Waals surface area (Å²) in [7, 11) is 0. The van der Waals surface area contributed by atoms with Crippen LogP contribution < -0.4 is 0 Å². The number of rotatable bonds is 12. The van der Waals surface area contributed by atoms with Crippen molar-refractivity contribution in [2.75, 3.05) is 6.61 Å². The van der Waals surface area contributed by atoms with E-state index in [0.29, 0.717) is 19.3 Å². The molecule has 4 unspecified atom stereocenters. The van der Waals surface area contributed by atoms with Gasteiger partial charge in [0.2, 0.25) is 0 Å². The number of ketones is 3. The van der Waals surface area contributed by atoms with Crippen molar-refractivity contribution in [2.24, 2.45) is 23.7 Å². The second-order valence-corrected chi connectivity index (χ2v) is 14.4. The average Bonchev–Trinajstić information content (AvgIpc) is 3.31. The van der Waals surface area contributed by atoms with Gasteiger partial charge in [0.05, 0.1) is 24.0 Å². The SMILES string of the molecule is Cc1cccc(C(=O)CC(Cc2ccccc2)C(C)C(=O)C2COC(C)(C)C2C(=O)CCc2cccc(C(C)(C)C)c2)c1C. The molecule has 1 aliphatic heterocycles. The molecule has 0 bridgehead atoms. The minimum absolute atomic E-state index is 0.0263. The van der Waals surface area contributed by atoms with E-state index >= 15 is 0 Å². The Balaban J connectivity index is 1.55. The fourth-order valence-electron chi connectivity index (χ4n) is 6.76. The van der Waals surface area contributed by atoms with E-state index in [2.05, 4.69) is 57.2 Å². The van der Waals surface area contributed by atoms with Crippen LogP contribution in [0.15, 0.2) is 72.8 Å². The topological polar surface area (TPSA) is 60.4 Å². The molecule has 4 heteroatoms. The molecule has 234 valence electrons. The van der Waals surface area contributed by atoms with Crippen LogP contribution in [0.5, 0.6) is 0 Å². The van der Waals surface area contributed by atoms with Crippen molar-refractivity contribution in [3.8, 4) is 0 Å². The van der Waals surface area contributed by atoms with Crippen molar-refractivity contribution < 1.29 is 19.1 Å². The lowest BCUT2D eigenvalue weighted by molar-refractivity contribution is -0.135. The molecule has 1 heterocycles. The zero-order chi connectivity index (χ0) is 32.2. The van der Waals surface area contributed by atoms with Gasteiger partial charge in [0.15, 0.2) is 5.78 Å². The minimum Gasteiger partial charge on any atom is -0.374 e. The molecular weight excluding hydrogens is 544 g/mol. The molecule has 44 heavy (non-hydrogen) atoms. The van der Waals surface area contributed by atoms with Gasteiger partial charge in [-0.2, -0.15) is 0 Å². The van der Waals surface area contributed by atoms with E-state index in [4.69, 9.17) is 4.74 Å². The van der Waals surface area contributed by atoms with Gasteiger partial charge in [-0.3, -0.25) is 14.4 Å². The highest BCUT2D eigenvalue weighted by Crippen LogP contribution is 2.41. The first-order valence-corrected chi connectivity index (χ1v) is 16.1. The first kappa shape index (κ1) is 33.5. The molecule has 1 aliphatic rings. The molecule has 0 N–H and O–H groups in total. The summed E-state index contributed by atoms with van der Waals surface area (Å²) >= 11 is 0. The maximum atomic E-state index is 14.3. The van der Waals surface area contributed by atoms with Gasteiger partial charge in [-0.05, 0) is 79.7 Å². The van der Waals surface area contributed by atoms with Gasteiger partial charge in [0, 0.05) is 24.3 Å². The molecular formula is C40H50O4. The van der Waals surface area contributed by atoms with Crippen LogP contribution in [0, 0.1) is 37.5 Å². The summed E-state index contributed by atoms with van der Waals surface area (Å²) in [5.41, 5.74) is 5.56. The van der Waals surface area contributed by atoms with Gasteiger partial charge in [-0.15, -0.1) is 0 Å². The number of hydrogen-bond donors (Lipinski definition) is 0. The molecule has 0 saturated carbocycles. The van der Waals surface area contributed by atoms with E-state index in [9.17, 15) is 14.4 Å². The Morgan fingerprint density at radius 2 is 1.57 bits per heavy atom. The van der Waals surface area contributed by atoms with Crippen molar-refractivity contribution in [1.82, 2.24) is 0 Å². The van der Waals surface area contributed by atoms with Crippen LogP contribution in [-0.2, 0) is 32.6 Å². The van der Waals surface area contributed by atoms with Crippen molar-refractivity contribution >= 4 is 17.3 Å². The Hall–Kier alpha value is -3.37. The van der Waals surface area contributed by atoms with E-state index in [1.807, 2.05) is 71.0 Å². The summed E-state index contributed by atoms with van der Waals surface area (Å²) in [5.74, 6) is -1.50. The summed E-state index contributed by atoms with van der Waals surface area (Å²) in [5, 5.41) is 0. The number of ether oxygens (including phenoxy) is 1. The molecule has 4 nitrogen and oxygen atoms in total. The molecule has 0 aliphatic carbocycles. The summed E-state index contributed by atoms with van der Waals surface area (Å²) in [6, 6.07) is 24.3. The zero-order valence-corrected chi connectivity index (χ0v) is 27.9.